The van der Waals surface area contributed by atoms with Crippen LogP contribution >= 0.6 is 0 Å². The summed E-state index contributed by atoms with van der Waals surface area (Å²) in [4.78, 5) is 38.6. The maximum atomic E-state index is 12.1. The number of anilines is 1. The van der Waals surface area contributed by atoms with Crippen molar-refractivity contribution >= 4 is 29.5 Å². The van der Waals surface area contributed by atoms with Gasteiger partial charge in [0, 0.05) is 37.8 Å². The summed E-state index contributed by atoms with van der Waals surface area (Å²) in [5.74, 6) is -0.267. The lowest BCUT2D eigenvalue weighted by molar-refractivity contribution is -0.131. The van der Waals surface area contributed by atoms with E-state index in [1.807, 2.05) is 38.1 Å². The normalized spacial score (nSPS) is 14.4. The highest BCUT2D eigenvalue weighted by atomic mass is 16.2. The van der Waals surface area contributed by atoms with Crippen LogP contribution in [0.15, 0.2) is 30.3 Å². The molecule has 1 heterocycles. The molecular weight excluding hydrogens is 318 g/mol. The first kappa shape index (κ1) is 18.7. The molecule has 1 saturated heterocycles. The van der Waals surface area contributed by atoms with Gasteiger partial charge in [0.25, 0.3) is 0 Å². The SMILES string of the molecule is CC(C)NC(=O)CN(C)C(=O)/C=C/c1ccc(N2CCCC2=O)cc1. The second-order valence-electron chi connectivity index (χ2n) is 6.49. The van der Waals surface area contributed by atoms with Gasteiger partial charge in [-0.15, -0.1) is 0 Å². The monoisotopic (exact) mass is 343 g/mol. The Kier molecular flexibility index (Phi) is 6.33. The van der Waals surface area contributed by atoms with Crippen LogP contribution in [0.3, 0.4) is 0 Å². The van der Waals surface area contributed by atoms with Gasteiger partial charge in [-0.25, -0.2) is 0 Å². The van der Waals surface area contributed by atoms with Crippen molar-refractivity contribution in [3.8, 4) is 0 Å². The predicted molar refractivity (Wildman–Crippen MR) is 98.0 cm³/mol. The number of nitrogens with one attached hydrogen (secondary N) is 1. The molecule has 2 rings (SSSR count). The van der Waals surface area contributed by atoms with E-state index in [4.69, 9.17) is 0 Å². The van der Waals surface area contributed by atoms with Crippen molar-refractivity contribution in [2.24, 2.45) is 0 Å². The van der Waals surface area contributed by atoms with E-state index in [0.717, 1.165) is 24.2 Å². The average molecular weight is 343 g/mol. The van der Waals surface area contributed by atoms with Crippen LogP contribution in [-0.4, -0.2) is 48.8 Å². The van der Waals surface area contributed by atoms with E-state index in [2.05, 4.69) is 5.32 Å². The second-order valence-corrected chi connectivity index (χ2v) is 6.49. The van der Waals surface area contributed by atoms with Crippen LogP contribution in [0, 0.1) is 0 Å². The fourth-order valence-corrected chi connectivity index (χ4v) is 2.64. The van der Waals surface area contributed by atoms with Gasteiger partial charge in [-0.1, -0.05) is 12.1 Å². The Labute approximate surface area is 148 Å². The quantitative estimate of drug-likeness (QED) is 0.801. The molecule has 1 aliphatic rings. The Hall–Kier alpha value is -2.63. The van der Waals surface area contributed by atoms with E-state index in [0.29, 0.717) is 6.42 Å². The maximum absolute atomic E-state index is 12.1. The molecule has 0 saturated carbocycles. The molecule has 25 heavy (non-hydrogen) atoms. The first-order chi connectivity index (χ1) is 11.9. The van der Waals surface area contributed by atoms with Crippen LogP contribution < -0.4 is 10.2 Å². The fourth-order valence-electron chi connectivity index (χ4n) is 2.64. The molecule has 134 valence electrons. The summed E-state index contributed by atoms with van der Waals surface area (Å²) in [6.45, 7) is 4.53. The lowest BCUT2D eigenvalue weighted by Crippen LogP contribution is -2.40. The van der Waals surface area contributed by atoms with Crippen molar-refractivity contribution in [1.29, 1.82) is 0 Å². The van der Waals surface area contributed by atoms with Gasteiger partial charge in [0.05, 0.1) is 6.54 Å². The van der Waals surface area contributed by atoms with E-state index in [1.54, 1.807) is 18.0 Å². The molecule has 1 fully saturated rings. The standard InChI is InChI=1S/C19H25N3O3/c1-14(2)20-17(23)13-21(3)18(24)11-8-15-6-9-16(10-7-15)22-12-4-5-19(22)25/h6-11,14H,4-5,12-13H2,1-3H3,(H,20,23)/b11-8+. The van der Waals surface area contributed by atoms with Crippen molar-refractivity contribution in [3.63, 3.8) is 0 Å². The first-order valence-corrected chi connectivity index (χ1v) is 8.50. The van der Waals surface area contributed by atoms with Crippen molar-refractivity contribution < 1.29 is 14.4 Å². The van der Waals surface area contributed by atoms with Crippen LogP contribution in [0.2, 0.25) is 0 Å². The number of carbonyl (C=O) groups excluding carboxylic acids is 3. The Morgan fingerprint density at radius 1 is 1.28 bits per heavy atom. The summed E-state index contributed by atoms with van der Waals surface area (Å²) >= 11 is 0. The highest BCUT2D eigenvalue weighted by Gasteiger charge is 2.21. The molecule has 0 unspecified atom stereocenters. The van der Waals surface area contributed by atoms with Gasteiger partial charge in [0.15, 0.2) is 0 Å². The number of benzene rings is 1. The molecule has 3 amide bonds. The van der Waals surface area contributed by atoms with Crippen LogP contribution in [-0.2, 0) is 14.4 Å². The Morgan fingerprint density at radius 2 is 1.96 bits per heavy atom. The molecule has 0 aromatic heterocycles. The summed E-state index contributed by atoms with van der Waals surface area (Å²) < 4.78 is 0. The summed E-state index contributed by atoms with van der Waals surface area (Å²) in [7, 11) is 1.59. The highest BCUT2D eigenvalue weighted by Crippen LogP contribution is 2.21. The van der Waals surface area contributed by atoms with Gasteiger partial charge in [0.2, 0.25) is 17.7 Å². The lowest BCUT2D eigenvalue weighted by atomic mass is 10.2. The number of amides is 3. The Bertz CT molecular complexity index is 665. The van der Waals surface area contributed by atoms with Gasteiger partial charge in [-0.3, -0.25) is 14.4 Å². The minimum atomic E-state index is -0.238. The molecule has 6 nitrogen and oxygen atoms in total. The first-order valence-electron chi connectivity index (χ1n) is 8.50. The zero-order valence-electron chi connectivity index (χ0n) is 15.0. The number of rotatable bonds is 6. The van der Waals surface area contributed by atoms with Gasteiger partial charge in [0.1, 0.15) is 0 Å². The highest BCUT2D eigenvalue weighted by molar-refractivity contribution is 5.96. The third-order valence-electron chi connectivity index (χ3n) is 3.90. The Balaban J connectivity index is 1.91. The van der Waals surface area contributed by atoms with Crippen molar-refractivity contribution in [3.05, 3.63) is 35.9 Å². The van der Waals surface area contributed by atoms with E-state index in [1.165, 1.54) is 11.0 Å². The zero-order valence-corrected chi connectivity index (χ0v) is 15.0. The van der Waals surface area contributed by atoms with Gasteiger partial charge < -0.3 is 15.1 Å². The molecule has 0 aliphatic carbocycles. The summed E-state index contributed by atoms with van der Waals surface area (Å²) in [6, 6.07) is 7.56. The molecule has 1 aromatic carbocycles. The lowest BCUT2D eigenvalue weighted by Gasteiger charge is -2.16. The van der Waals surface area contributed by atoms with Crippen LogP contribution in [0.5, 0.6) is 0 Å². The average Bonchev–Trinajstić information content (AvgIpc) is 2.98. The molecule has 1 aromatic rings. The fraction of sp³-hybridized carbons (Fsp3) is 0.421. The summed E-state index contributed by atoms with van der Waals surface area (Å²) in [6.07, 6.45) is 4.64. The van der Waals surface area contributed by atoms with Crippen LogP contribution in [0.4, 0.5) is 5.69 Å². The third kappa shape index (κ3) is 5.45. The van der Waals surface area contributed by atoms with Crippen LogP contribution in [0.1, 0.15) is 32.3 Å². The van der Waals surface area contributed by atoms with Gasteiger partial charge in [-0.05, 0) is 44.0 Å². The topological polar surface area (TPSA) is 69.7 Å². The van der Waals surface area contributed by atoms with Gasteiger partial charge >= 0.3 is 0 Å². The van der Waals surface area contributed by atoms with E-state index in [9.17, 15) is 14.4 Å². The van der Waals surface area contributed by atoms with Crippen LogP contribution in [0.25, 0.3) is 6.08 Å². The maximum Gasteiger partial charge on any atom is 0.246 e. The number of carbonyl (C=O) groups is 3. The number of nitrogens with zero attached hydrogens (tertiary/aromatic N) is 2. The molecule has 0 radical (unpaired) electrons. The third-order valence-corrected chi connectivity index (χ3v) is 3.90. The number of hydrogen-bond donors (Lipinski definition) is 1. The summed E-state index contributed by atoms with van der Waals surface area (Å²) in [5, 5.41) is 2.75. The van der Waals surface area contributed by atoms with E-state index in [-0.39, 0.29) is 30.3 Å². The largest absolute Gasteiger partial charge is 0.352 e. The van der Waals surface area contributed by atoms with Gasteiger partial charge in [-0.2, -0.15) is 0 Å². The second kappa shape index (κ2) is 8.46. The van der Waals surface area contributed by atoms with E-state index >= 15 is 0 Å². The minimum Gasteiger partial charge on any atom is -0.352 e. The molecule has 6 heteroatoms. The smallest absolute Gasteiger partial charge is 0.246 e. The molecule has 0 bridgehead atoms. The van der Waals surface area contributed by atoms with Crippen molar-refractivity contribution in [1.82, 2.24) is 10.2 Å². The Morgan fingerprint density at radius 3 is 2.52 bits per heavy atom. The van der Waals surface area contributed by atoms with E-state index < -0.39 is 0 Å². The molecule has 1 N–H and O–H groups in total. The molecule has 1 aliphatic heterocycles. The number of hydrogen-bond acceptors (Lipinski definition) is 3. The zero-order chi connectivity index (χ0) is 18.4. The molecular formula is C19H25N3O3. The minimum absolute atomic E-state index is 0.0252. The molecule has 0 spiro atoms. The van der Waals surface area contributed by atoms with Crippen molar-refractivity contribution in [2.75, 3.05) is 25.0 Å². The van der Waals surface area contributed by atoms with Crippen molar-refractivity contribution in [2.45, 2.75) is 32.7 Å². The predicted octanol–water partition coefficient (Wildman–Crippen LogP) is 1.81. The number of likely N-dealkylation sites (N-methyl/N-ethyl adjacent to an activating group) is 1. The molecule has 0 atom stereocenters. The summed E-state index contributed by atoms with van der Waals surface area (Å²) in [5.41, 5.74) is 1.75.